The third kappa shape index (κ3) is 2.09. The molecule has 0 atom stereocenters. The number of aromatic nitrogens is 4. The summed E-state index contributed by atoms with van der Waals surface area (Å²) in [6.45, 7) is 0. The lowest BCUT2D eigenvalue weighted by Gasteiger charge is -2.23. The molecule has 0 spiro atoms. The van der Waals surface area contributed by atoms with Gasteiger partial charge < -0.3 is 8.94 Å². The second-order valence-electron chi connectivity index (χ2n) is 6.78. The maximum atomic E-state index is 5.64. The monoisotopic (exact) mass is 322 g/mol. The van der Waals surface area contributed by atoms with Gasteiger partial charge in [-0.1, -0.05) is 18.0 Å². The van der Waals surface area contributed by atoms with Crippen molar-refractivity contribution in [3.8, 4) is 11.7 Å². The molecular formula is C18H18N4O2. The summed E-state index contributed by atoms with van der Waals surface area (Å²) in [5, 5.41) is 4.31. The maximum absolute atomic E-state index is 5.64. The van der Waals surface area contributed by atoms with E-state index in [1.807, 2.05) is 12.3 Å². The Morgan fingerprint density at radius 1 is 1.12 bits per heavy atom. The molecule has 3 aromatic rings. The number of rotatable bonds is 4. The number of furan rings is 1. The topological polar surface area (TPSA) is 77.8 Å². The Morgan fingerprint density at radius 2 is 2.00 bits per heavy atom. The van der Waals surface area contributed by atoms with E-state index in [1.54, 1.807) is 18.7 Å². The molecule has 2 aliphatic carbocycles. The van der Waals surface area contributed by atoms with Gasteiger partial charge in [-0.25, -0.2) is 0 Å². The Kier molecular flexibility index (Phi) is 3.04. The van der Waals surface area contributed by atoms with Crippen LogP contribution in [0.2, 0.25) is 0 Å². The Morgan fingerprint density at radius 3 is 2.75 bits per heavy atom. The third-order valence-electron chi connectivity index (χ3n) is 5.27. The van der Waals surface area contributed by atoms with E-state index in [0.29, 0.717) is 17.6 Å². The lowest BCUT2D eigenvalue weighted by molar-refractivity contribution is 0.384. The highest BCUT2D eigenvalue weighted by Gasteiger charge is 2.43. The summed E-state index contributed by atoms with van der Waals surface area (Å²) in [7, 11) is 0. The van der Waals surface area contributed by atoms with E-state index in [-0.39, 0.29) is 5.41 Å². The normalized spacial score (nSPS) is 19.7. The van der Waals surface area contributed by atoms with E-state index in [1.165, 1.54) is 18.4 Å². The van der Waals surface area contributed by atoms with Crippen molar-refractivity contribution in [2.24, 2.45) is 0 Å². The molecular weight excluding hydrogens is 304 g/mol. The van der Waals surface area contributed by atoms with Crippen LogP contribution in [0.1, 0.15) is 61.5 Å². The van der Waals surface area contributed by atoms with Gasteiger partial charge in [-0.2, -0.15) is 4.98 Å². The van der Waals surface area contributed by atoms with Crippen LogP contribution in [0.15, 0.2) is 39.9 Å². The predicted molar refractivity (Wildman–Crippen MR) is 85.3 cm³/mol. The van der Waals surface area contributed by atoms with Gasteiger partial charge in [0.2, 0.25) is 0 Å². The molecule has 0 aliphatic heterocycles. The molecule has 5 rings (SSSR count). The van der Waals surface area contributed by atoms with Gasteiger partial charge in [-0.15, -0.1) is 0 Å². The molecule has 0 bridgehead atoms. The smallest absolute Gasteiger partial charge is 0.293 e. The van der Waals surface area contributed by atoms with E-state index in [9.17, 15) is 0 Å². The Hall–Kier alpha value is -2.50. The molecule has 6 heteroatoms. The first-order chi connectivity index (χ1) is 11.9. The van der Waals surface area contributed by atoms with Crippen LogP contribution in [0, 0.1) is 0 Å². The quantitative estimate of drug-likeness (QED) is 0.726. The molecule has 6 nitrogen and oxygen atoms in total. The molecule has 0 unspecified atom stereocenters. The maximum Gasteiger partial charge on any atom is 0.293 e. The first kappa shape index (κ1) is 13.9. The summed E-state index contributed by atoms with van der Waals surface area (Å²) >= 11 is 0. The van der Waals surface area contributed by atoms with Gasteiger partial charge in [-0.3, -0.25) is 9.97 Å². The SMILES string of the molecule is c1cnc(C2(c3noc(-c4occc4C4CC4)n3)CCCC2)cn1. The zero-order valence-corrected chi connectivity index (χ0v) is 13.3. The zero-order chi connectivity index (χ0) is 16.0. The Bertz CT molecular complexity index is 845. The fourth-order valence-corrected chi connectivity index (χ4v) is 3.84. The third-order valence-corrected chi connectivity index (χ3v) is 5.27. The Balaban J connectivity index is 1.57. The summed E-state index contributed by atoms with van der Waals surface area (Å²) in [6, 6.07) is 2.02. The summed E-state index contributed by atoms with van der Waals surface area (Å²) in [5.74, 6) is 2.48. The van der Waals surface area contributed by atoms with Crippen molar-refractivity contribution in [2.75, 3.05) is 0 Å². The van der Waals surface area contributed by atoms with Gasteiger partial charge in [0, 0.05) is 24.2 Å². The number of hydrogen-bond donors (Lipinski definition) is 0. The van der Waals surface area contributed by atoms with Gasteiger partial charge in [0.05, 0.1) is 17.4 Å². The highest BCUT2D eigenvalue weighted by atomic mass is 16.5. The average Bonchev–Trinajstić information content (AvgIpc) is 3.08. The molecule has 24 heavy (non-hydrogen) atoms. The largest absolute Gasteiger partial charge is 0.459 e. The van der Waals surface area contributed by atoms with Crippen LogP contribution < -0.4 is 0 Å². The van der Waals surface area contributed by atoms with Gasteiger partial charge in [0.1, 0.15) is 0 Å². The van der Waals surface area contributed by atoms with Crippen LogP contribution in [-0.4, -0.2) is 20.1 Å². The van der Waals surface area contributed by atoms with E-state index < -0.39 is 0 Å². The highest BCUT2D eigenvalue weighted by molar-refractivity contribution is 5.53. The van der Waals surface area contributed by atoms with Crippen LogP contribution in [0.3, 0.4) is 0 Å². The first-order valence-electron chi connectivity index (χ1n) is 8.55. The lowest BCUT2D eigenvalue weighted by Crippen LogP contribution is -2.26. The molecule has 0 aromatic carbocycles. The lowest BCUT2D eigenvalue weighted by atomic mass is 9.82. The minimum Gasteiger partial charge on any atom is -0.459 e. The standard InChI is InChI=1S/C18H18N4O2/c1-2-7-18(6-1,14-11-19-8-9-20-14)17-21-16(24-22-17)15-13(5-10-23-15)12-3-4-12/h5,8-12H,1-4,6-7H2. The Labute approximate surface area is 139 Å². The zero-order valence-electron chi connectivity index (χ0n) is 13.3. The second kappa shape index (κ2) is 5.26. The van der Waals surface area contributed by atoms with Crippen LogP contribution in [0.5, 0.6) is 0 Å². The predicted octanol–water partition coefficient (Wildman–Crippen LogP) is 3.86. The van der Waals surface area contributed by atoms with Crippen LogP contribution in [-0.2, 0) is 5.41 Å². The van der Waals surface area contributed by atoms with Crippen molar-refractivity contribution in [2.45, 2.75) is 49.9 Å². The molecule has 2 aliphatic rings. The molecule has 3 aromatic heterocycles. The number of hydrogen-bond acceptors (Lipinski definition) is 6. The fourth-order valence-electron chi connectivity index (χ4n) is 3.84. The number of nitrogens with zero attached hydrogens (tertiary/aromatic N) is 4. The van der Waals surface area contributed by atoms with Crippen LogP contribution in [0.25, 0.3) is 11.7 Å². The summed E-state index contributed by atoms with van der Waals surface area (Å²) in [5.41, 5.74) is 1.82. The average molecular weight is 322 g/mol. The molecule has 2 saturated carbocycles. The molecule has 2 fully saturated rings. The second-order valence-corrected chi connectivity index (χ2v) is 6.78. The fraction of sp³-hybridized carbons (Fsp3) is 0.444. The van der Waals surface area contributed by atoms with Gasteiger partial charge >= 0.3 is 0 Å². The van der Waals surface area contributed by atoms with Gasteiger partial charge in [0.25, 0.3) is 5.89 Å². The summed E-state index contributed by atoms with van der Waals surface area (Å²) < 4.78 is 11.2. The van der Waals surface area contributed by atoms with Crippen molar-refractivity contribution in [1.29, 1.82) is 0 Å². The molecule has 3 heterocycles. The van der Waals surface area contributed by atoms with Gasteiger partial charge in [0.15, 0.2) is 11.6 Å². The van der Waals surface area contributed by atoms with E-state index in [4.69, 9.17) is 13.9 Å². The molecule has 0 N–H and O–H groups in total. The van der Waals surface area contributed by atoms with Gasteiger partial charge in [-0.05, 0) is 37.7 Å². The van der Waals surface area contributed by atoms with Crippen molar-refractivity contribution in [3.05, 3.63) is 48.0 Å². The molecule has 0 amide bonds. The molecule has 0 radical (unpaired) electrons. The van der Waals surface area contributed by atoms with Crippen molar-refractivity contribution < 1.29 is 8.94 Å². The van der Waals surface area contributed by atoms with E-state index >= 15 is 0 Å². The van der Waals surface area contributed by atoms with Crippen molar-refractivity contribution in [1.82, 2.24) is 20.1 Å². The first-order valence-corrected chi connectivity index (χ1v) is 8.55. The van der Waals surface area contributed by atoms with E-state index in [0.717, 1.165) is 37.1 Å². The van der Waals surface area contributed by atoms with E-state index in [2.05, 4.69) is 15.1 Å². The minimum absolute atomic E-state index is 0.289. The summed E-state index contributed by atoms with van der Waals surface area (Å²) in [6.07, 6.45) is 13.6. The van der Waals surface area contributed by atoms with Crippen molar-refractivity contribution in [3.63, 3.8) is 0 Å². The highest BCUT2D eigenvalue weighted by Crippen LogP contribution is 2.47. The van der Waals surface area contributed by atoms with Crippen LogP contribution >= 0.6 is 0 Å². The summed E-state index contributed by atoms with van der Waals surface area (Å²) in [4.78, 5) is 13.5. The minimum atomic E-state index is -0.289. The molecule has 122 valence electrons. The van der Waals surface area contributed by atoms with Crippen LogP contribution in [0.4, 0.5) is 0 Å². The molecule has 0 saturated heterocycles. The van der Waals surface area contributed by atoms with Crippen molar-refractivity contribution >= 4 is 0 Å².